The maximum Gasteiger partial charge on any atom is 0.310 e. The summed E-state index contributed by atoms with van der Waals surface area (Å²) in [7, 11) is 1.32. The average Bonchev–Trinajstić information content (AvgIpc) is 2.93. The number of fused-ring (bicyclic) bond motifs is 1. The summed E-state index contributed by atoms with van der Waals surface area (Å²) in [6.45, 7) is 5.83. The molecule has 2 atom stereocenters. The van der Waals surface area contributed by atoms with Gasteiger partial charge in [0.15, 0.2) is 0 Å². The fourth-order valence-corrected chi connectivity index (χ4v) is 3.11. The van der Waals surface area contributed by atoms with Crippen molar-refractivity contribution >= 4 is 23.7 Å². The minimum atomic E-state index is -0.452. The van der Waals surface area contributed by atoms with Crippen molar-refractivity contribution in [1.29, 1.82) is 0 Å². The SMILES string of the molecule is CCC(C)N(CC(C)C(=O)OC)C(=O)CCN1C(=O)c2ccccc2C1=O. The first-order chi connectivity index (χ1) is 12.8. The van der Waals surface area contributed by atoms with Gasteiger partial charge in [-0.1, -0.05) is 26.0 Å². The highest BCUT2D eigenvalue weighted by Gasteiger charge is 2.35. The van der Waals surface area contributed by atoms with Crippen LogP contribution in [0.3, 0.4) is 0 Å². The number of hydrogen-bond donors (Lipinski definition) is 0. The minimum absolute atomic E-state index is 0.0176. The summed E-state index contributed by atoms with van der Waals surface area (Å²) in [6, 6.07) is 6.57. The van der Waals surface area contributed by atoms with Gasteiger partial charge in [-0.25, -0.2) is 0 Å². The fraction of sp³-hybridized carbons (Fsp3) is 0.500. The summed E-state index contributed by atoms with van der Waals surface area (Å²) in [5.41, 5.74) is 0.737. The Morgan fingerprint density at radius 2 is 1.67 bits per heavy atom. The molecular formula is C20H26N2O5. The molecule has 1 heterocycles. The molecule has 0 aliphatic carbocycles. The Morgan fingerprint density at radius 3 is 2.15 bits per heavy atom. The second-order valence-electron chi connectivity index (χ2n) is 6.79. The number of esters is 1. The van der Waals surface area contributed by atoms with Gasteiger partial charge in [0.05, 0.1) is 24.2 Å². The van der Waals surface area contributed by atoms with Crippen molar-refractivity contribution in [3.8, 4) is 0 Å². The van der Waals surface area contributed by atoms with Crippen molar-refractivity contribution in [3.63, 3.8) is 0 Å². The third-order valence-corrected chi connectivity index (χ3v) is 4.94. The van der Waals surface area contributed by atoms with E-state index in [1.807, 2.05) is 13.8 Å². The normalized spacial score (nSPS) is 15.3. The van der Waals surface area contributed by atoms with E-state index in [2.05, 4.69) is 0 Å². The van der Waals surface area contributed by atoms with Gasteiger partial charge in [0.25, 0.3) is 11.8 Å². The molecule has 0 aromatic heterocycles. The Labute approximate surface area is 159 Å². The maximum atomic E-state index is 12.8. The standard InChI is InChI=1S/C20H26N2O5/c1-5-14(3)22(12-13(2)20(26)27-4)17(23)10-11-21-18(24)15-8-6-7-9-16(15)19(21)25/h6-9,13-14H,5,10-12H2,1-4H3. The fourth-order valence-electron chi connectivity index (χ4n) is 3.11. The second kappa shape index (κ2) is 8.79. The summed E-state index contributed by atoms with van der Waals surface area (Å²) < 4.78 is 4.74. The third-order valence-electron chi connectivity index (χ3n) is 4.94. The van der Waals surface area contributed by atoms with Crippen LogP contribution in [0, 0.1) is 5.92 Å². The number of hydrogen-bond acceptors (Lipinski definition) is 5. The van der Waals surface area contributed by atoms with E-state index in [9.17, 15) is 19.2 Å². The molecule has 1 aromatic carbocycles. The Kier molecular flexibility index (Phi) is 6.71. The molecule has 1 aromatic rings. The van der Waals surface area contributed by atoms with Gasteiger partial charge >= 0.3 is 5.97 Å². The third kappa shape index (κ3) is 4.35. The Morgan fingerprint density at radius 1 is 1.11 bits per heavy atom. The highest BCUT2D eigenvalue weighted by molar-refractivity contribution is 6.21. The molecule has 7 nitrogen and oxygen atoms in total. The van der Waals surface area contributed by atoms with Gasteiger partial charge in [-0.2, -0.15) is 0 Å². The molecule has 27 heavy (non-hydrogen) atoms. The van der Waals surface area contributed by atoms with Crippen LogP contribution < -0.4 is 0 Å². The molecule has 0 spiro atoms. The van der Waals surface area contributed by atoms with Crippen LogP contribution in [0.25, 0.3) is 0 Å². The molecule has 1 aliphatic heterocycles. The van der Waals surface area contributed by atoms with E-state index in [0.29, 0.717) is 11.1 Å². The van der Waals surface area contributed by atoms with Crippen LogP contribution in [0.4, 0.5) is 0 Å². The molecular weight excluding hydrogens is 348 g/mol. The van der Waals surface area contributed by atoms with Crippen LogP contribution in [0.2, 0.25) is 0 Å². The van der Waals surface area contributed by atoms with E-state index in [0.717, 1.165) is 11.3 Å². The van der Waals surface area contributed by atoms with Crippen molar-refractivity contribution in [2.75, 3.05) is 20.2 Å². The number of ether oxygens (including phenoxy) is 1. The summed E-state index contributed by atoms with van der Waals surface area (Å²) in [5.74, 6) is -1.77. The van der Waals surface area contributed by atoms with Crippen LogP contribution in [-0.2, 0) is 14.3 Å². The molecule has 1 aliphatic rings. The van der Waals surface area contributed by atoms with Gasteiger partial charge in [-0.15, -0.1) is 0 Å². The summed E-state index contributed by atoms with van der Waals surface area (Å²) in [5, 5.41) is 0. The monoisotopic (exact) mass is 374 g/mol. The van der Waals surface area contributed by atoms with Crippen LogP contribution in [0.1, 0.15) is 54.3 Å². The lowest BCUT2D eigenvalue weighted by Gasteiger charge is -2.31. The number of benzene rings is 1. The van der Waals surface area contributed by atoms with E-state index < -0.39 is 5.92 Å². The van der Waals surface area contributed by atoms with Gasteiger partial charge in [0.1, 0.15) is 0 Å². The van der Waals surface area contributed by atoms with Gasteiger partial charge in [-0.05, 0) is 25.5 Å². The average molecular weight is 374 g/mol. The predicted octanol–water partition coefficient (Wildman–Crippen LogP) is 2.11. The van der Waals surface area contributed by atoms with Crippen LogP contribution in [0.5, 0.6) is 0 Å². The highest BCUT2D eigenvalue weighted by Crippen LogP contribution is 2.23. The van der Waals surface area contributed by atoms with Crippen molar-refractivity contribution in [2.24, 2.45) is 5.92 Å². The van der Waals surface area contributed by atoms with Crippen LogP contribution in [-0.4, -0.2) is 59.7 Å². The lowest BCUT2D eigenvalue weighted by Crippen LogP contribution is -2.44. The van der Waals surface area contributed by atoms with Crippen molar-refractivity contribution in [3.05, 3.63) is 35.4 Å². The zero-order valence-electron chi connectivity index (χ0n) is 16.2. The van der Waals surface area contributed by atoms with E-state index in [1.165, 1.54) is 7.11 Å². The zero-order valence-corrected chi connectivity index (χ0v) is 16.2. The van der Waals surface area contributed by atoms with E-state index in [1.54, 1.807) is 36.1 Å². The topological polar surface area (TPSA) is 84.0 Å². The van der Waals surface area contributed by atoms with Crippen LogP contribution in [0.15, 0.2) is 24.3 Å². The number of nitrogens with zero attached hydrogens (tertiary/aromatic N) is 2. The van der Waals surface area contributed by atoms with Gasteiger partial charge < -0.3 is 9.64 Å². The summed E-state index contributed by atoms with van der Waals surface area (Å²) in [6.07, 6.45) is 0.746. The quantitative estimate of drug-likeness (QED) is 0.514. The maximum absolute atomic E-state index is 12.8. The first-order valence-electron chi connectivity index (χ1n) is 9.14. The number of imide groups is 1. The molecule has 0 radical (unpaired) electrons. The number of rotatable bonds is 8. The first kappa shape index (κ1) is 20.6. The minimum Gasteiger partial charge on any atom is -0.469 e. The number of methoxy groups -OCH3 is 1. The molecule has 2 rings (SSSR count). The zero-order chi connectivity index (χ0) is 20.1. The molecule has 0 fully saturated rings. The first-order valence-corrected chi connectivity index (χ1v) is 9.14. The molecule has 7 heteroatoms. The molecule has 3 amide bonds. The second-order valence-corrected chi connectivity index (χ2v) is 6.79. The highest BCUT2D eigenvalue weighted by atomic mass is 16.5. The van der Waals surface area contributed by atoms with E-state index in [4.69, 9.17) is 4.74 Å². The summed E-state index contributed by atoms with van der Waals surface area (Å²) in [4.78, 5) is 52.0. The van der Waals surface area contributed by atoms with E-state index in [-0.39, 0.29) is 49.2 Å². The van der Waals surface area contributed by atoms with Crippen LogP contribution >= 0.6 is 0 Å². The Balaban J connectivity index is 2.04. The van der Waals surface area contributed by atoms with Crippen molar-refractivity contribution in [2.45, 2.75) is 39.7 Å². The molecule has 0 saturated heterocycles. The Bertz CT molecular complexity index is 711. The largest absolute Gasteiger partial charge is 0.469 e. The molecule has 2 unspecified atom stereocenters. The van der Waals surface area contributed by atoms with Gasteiger partial charge in [0, 0.05) is 25.6 Å². The smallest absolute Gasteiger partial charge is 0.310 e. The number of carbonyl (C=O) groups excluding carboxylic acids is 4. The van der Waals surface area contributed by atoms with Crippen molar-refractivity contribution < 1.29 is 23.9 Å². The van der Waals surface area contributed by atoms with Crippen molar-refractivity contribution in [1.82, 2.24) is 9.80 Å². The van der Waals surface area contributed by atoms with Gasteiger partial charge in [0.2, 0.25) is 5.91 Å². The number of carbonyl (C=O) groups is 4. The summed E-state index contributed by atoms with van der Waals surface area (Å²) >= 11 is 0. The lowest BCUT2D eigenvalue weighted by molar-refractivity contribution is -0.147. The molecule has 0 saturated carbocycles. The lowest BCUT2D eigenvalue weighted by atomic mass is 10.1. The van der Waals surface area contributed by atoms with E-state index >= 15 is 0 Å². The molecule has 0 bridgehead atoms. The Hall–Kier alpha value is -2.70. The predicted molar refractivity (Wildman–Crippen MR) is 99.1 cm³/mol. The molecule has 0 N–H and O–H groups in total. The molecule has 146 valence electrons. The van der Waals surface area contributed by atoms with Gasteiger partial charge in [-0.3, -0.25) is 24.1 Å². The number of amides is 3.